The van der Waals surface area contributed by atoms with Gasteiger partial charge in [-0.25, -0.2) is 9.87 Å². The zero-order valence-electron chi connectivity index (χ0n) is 15.3. The molecular weight excluding hydrogens is 331 g/mol. The molecule has 0 heterocycles. The van der Waals surface area contributed by atoms with E-state index in [0.717, 1.165) is 24.3 Å². The molecular formula is C21H27FN2O2. The van der Waals surface area contributed by atoms with E-state index in [2.05, 4.69) is 11.9 Å². The van der Waals surface area contributed by atoms with Crippen LogP contribution in [0.25, 0.3) is 0 Å². The Morgan fingerprint density at radius 2 is 2.08 bits per heavy atom. The average molecular weight is 358 g/mol. The van der Waals surface area contributed by atoms with E-state index >= 15 is 0 Å². The molecule has 1 amide bonds. The van der Waals surface area contributed by atoms with Crippen LogP contribution in [0.2, 0.25) is 0 Å². The summed E-state index contributed by atoms with van der Waals surface area (Å²) in [6.07, 6.45) is 8.56. The van der Waals surface area contributed by atoms with Gasteiger partial charge in [0, 0.05) is 24.2 Å². The number of carbonyl (C=O) groups is 1. The number of nitrogens with zero attached hydrogens (tertiary/aromatic N) is 1. The van der Waals surface area contributed by atoms with Crippen LogP contribution in [0.5, 0.6) is 0 Å². The van der Waals surface area contributed by atoms with Crippen LogP contribution in [-0.4, -0.2) is 29.6 Å². The Bertz CT molecular complexity index is 762. The average Bonchev–Trinajstić information content (AvgIpc) is 2.91. The van der Waals surface area contributed by atoms with Crippen molar-refractivity contribution in [3.8, 4) is 0 Å². The lowest BCUT2D eigenvalue weighted by molar-refractivity contribution is -0.115. The fraction of sp³-hybridized carbons (Fsp3) is 0.667. The highest BCUT2D eigenvalue weighted by Crippen LogP contribution is 2.81. The van der Waals surface area contributed by atoms with E-state index < -0.39 is 5.91 Å². The van der Waals surface area contributed by atoms with Crippen molar-refractivity contribution in [1.82, 2.24) is 10.4 Å². The van der Waals surface area contributed by atoms with E-state index in [4.69, 9.17) is 5.21 Å². The lowest BCUT2D eigenvalue weighted by Crippen LogP contribution is -2.56. The number of hydroxylamine groups is 1. The number of hydrogen-bond donors (Lipinski definition) is 2. The predicted octanol–water partition coefficient (Wildman–Crippen LogP) is 3.59. The Balaban J connectivity index is 1.30. The molecule has 5 unspecified atom stereocenters. The highest BCUT2D eigenvalue weighted by atomic mass is 19.1. The first-order valence-corrected chi connectivity index (χ1v) is 9.86. The second-order valence-electron chi connectivity index (χ2n) is 9.57. The molecule has 5 atom stereocenters. The summed E-state index contributed by atoms with van der Waals surface area (Å²) >= 11 is 0. The van der Waals surface area contributed by atoms with Gasteiger partial charge >= 0.3 is 0 Å². The van der Waals surface area contributed by atoms with E-state index in [0.29, 0.717) is 22.9 Å². The second kappa shape index (κ2) is 5.52. The van der Waals surface area contributed by atoms with Crippen molar-refractivity contribution in [3.05, 3.63) is 35.1 Å². The number of rotatable bonds is 5. The third-order valence-electron chi connectivity index (χ3n) is 8.17. The SMILES string of the molecule is CN(Cc1ccc(C(=O)NO)cc1F)CC12CC3CC4CC(C1)C2(C4)C3. The van der Waals surface area contributed by atoms with Gasteiger partial charge in [-0.15, -0.1) is 0 Å². The number of halogens is 1. The van der Waals surface area contributed by atoms with Crippen LogP contribution >= 0.6 is 0 Å². The molecule has 1 spiro atoms. The van der Waals surface area contributed by atoms with Gasteiger partial charge in [0.2, 0.25) is 0 Å². The van der Waals surface area contributed by atoms with Crippen LogP contribution in [0.3, 0.4) is 0 Å². The monoisotopic (exact) mass is 358 g/mol. The quantitative estimate of drug-likeness (QED) is 0.625. The fourth-order valence-electron chi connectivity index (χ4n) is 7.61. The summed E-state index contributed by atoms with van der Waals surface area (Å²) in [7, 11) is 2.10. The maximum Gasteiger partial charge on any atom is 0.274 e. The molecule has 3 bridgehead atoms. The van der Waals surface area contributed by atoms with E-state index in [-0.39, 0.29) is 11.4 Å². The number of nitrogens with one attached hydrogen (secondary N) is 1. The van der Waals surface area contributed by atoms with Gasteiger partial charge in [-0.2, -0.15) is 0 Å². The van der Waals surface area contributed by atoms with Gasteiger partial charge in [0.25, 0.3) is 5.91 Å². The summed E-state index contributed by atoms with van der Waals surface area (Å²) in [5.74, 6) is 1.81. The lowest BCUT2D eigenvalue weighted by atomic mass is 9.46. The minimum atomic E-state index is -0.684. The highest BCUT2D eigenvalue weighted by Gasteiger charge is 2.73. The van der Waals surface area contributed by atoms with Crippen molar-refractivity contribution in [2.45, 2.75) is 45.1 Å². The summed E-state index contributed by atoms with van der Waals surface area (Å²) in [5.41, 5.74) is 3.37. The minimum absolute atomic E-state index is 0.136. The molecule has 4 fully saturated rings. The molecule has 4 nitrogen and oxygen atoms in total. The van der Waals surface area contributed by atoms with E-state index in [1.54, 1.807) is 17.6 Å². The third kappa shape index (κ3) is 2.16. The summed E-state index contributed by atoms with van der Waals surface area (Å²) in [4.78, 5) is 13.7. The molecule has 5 rings (SSSR count). The molecule has 140 valence electrons. The van der Waals surface area contributed by atoms with Gasteiger partial charge in [0.05, 0.1) is 0 Å². The van der Waals surface area contributed by atoms with Gasteiger partial charge < -0.3 is 4.90 Å². The van der Waals surface area contributed by atoms with E-state index in [9.17, 15) is 9.18 Å². The minimum Gasteiger partial charge on any atom is -0.301 e. The maximum absolute atomic E-state index is 14.4. The standard InChI is InChI=1S/C21H27FN2O2/c1-24(11-16-3-2-15(6-18(16)22)19(25)23-26)12-20-7-14-4-13-5-17(10-20)21(20,8-13)9-14/h2-3,6,13-14,17,26H,4-5,7-12H2,1H3,(H,23,25). The number of carbonyl (C=O) groups excluding carboxylic acids is 1. The molecule has 4 saturated carbocycles. The molecule has 0 saturated heterocycles. The van der Waals surface area contributed by atoms with Crippen molar-refractivity contribution in [2.24, 2.45) is 28.6 Å². The lowest BCUT2D eigenvalue weighted by Gasteiger charge is -2.60. The number of benzene rings is 1. The Kier molecular flexibility index (Phi) is 3.55. The second-order valence-corrected chi connectivity index (χ2v) is 9.57. The Labute approximate surface area is 153 Å². The molecule has 26 heavy (non-hydrogen) atoms. The third-order valence-corrected chi connectivity index (χ3v) is 8.17. The molecule has 4 aliphatic carbocycles. The van der Waals surface area contributed by atoms with Crippen molar-refractivity contribution >= 4 is 5.91 Å². The maximum atomic E-state index is 14.4. The van der Waals surface area contributed by atoms with Gasteiger partial charge in [0.1, 0.15) is 5.82 Å². The zero-order valence-corrected chi connectivity index (χ0v) is 15.3. The number of hydrogen-bond acceptors (Lipinski definition) is 3. The largest absolute Gasteiger partial charge is 0.301 e. The summed E-state index contributed by atoms with van der Waals surface area (Å²) in [6, 6.07) is 4.43. The smallest absolute Gasteiger partial charge is 0.274 e. The van der Waals surface area contributed by atoms with Crippen LogP contribution in [0.1, 0.15) is 54.4 Å². The summed E-state index contributed by atoms with van der Waals surface area (Å²) in [6.45, 7) is 1.62. The Morgan fingerprint density at radius 3 is 2.85 bits per heavy atom. The van der Waals surface area contributed by atoms with Crippen LogP contribution in [0, 0.1) is 34.4 Å². The van der Waals surface area contributed by atoms with Crippen molar-refractivity contribution in [1.29, 1.82) is 0 Å². The molecule has 1 aromatic carbocycles. The number of fused-ring (bicyclic) bond motifs is 2. The van der Waals surface area contributed by atoms with Gasteiger partial charge in [-0.05, 0) is 86.3 Å². The van der Waals surface area contributed by atoms with Crippen LogP contribution in [-0.2, 0) is 6.54 Å². The Hall–Kier alpha value is -1.46. The summed E-state index contributed by atoms with van der Waals surface area (Å²) in [5, 5.41) is 8.68. The predicted molar refractivity (Wildman–Crippen MR) is 95.0 cm³/mol. The fourth-order valence-corrected chi connectivity index (χ4v) is 7.61. The van der Waals surface area contributed by atoms with E-state index in [1.165, 1.54) is 44.6 Å². The van der Waals surface area contributed by atoms with Crippen molar-refractivity contribution in [3.63, 3.8) is 0 Å². The van der Waals surface area contributed by atoms with Crippen molar-refractivity contribution < 1.29 is 14.4 Å². The first-order valence-electron chi connectivity index (χ1n) is 9.86. The first-order chi connectivity index (χ1) is 12.4. The van der Waals surface area contributed by atoms with E-state index in [1.807, 2.05) is 0 Å². The van der Waals surface area contributed by atoms with Crippen LogP contribution < -0.4 is 5.48 Å². The zero-order chi connectivity index (χ0) is 18.1. The summed E-state index contributed by atoms with van der Waals surface area (Å²) < 4.78 is 14.4. The van der Waals surface area contributed by atoms with Crippen LogP contribution in [0.4, 0.5) is 4.39 Å². The molecule has 0 aromatic heterocycles. The molecule has 0 radical (unpaired) electrons. The Morgan fingerprint density at radius 1 is 1.27 bits per heavy atom. The van der Waals surface area contributed by atoms with Crippen molar-refractivity contribution in [2.75, 3.05) is 13.6 Å². The number of amides is 1. The highest BCUT2D eigenvalue weighted by molar-refractivity contribution is 5.93. The normalized spacial score (nSPS) is 39.2. The topological polar surface area (TPSA) is 52.6 Å². The molecule has 5 heteroatoms. The van der Waals surface area contributed by atoms with Crippen LogP contribution in [0.15, 0.2) is 18.2 Å². The van der Waals surface area contributed by atoms with Gasteiger partial charge in [-0.3, -0.25) is 10.0 Å². The molecule has 2 N–H and O–H groups in total. The first kappa shape index (κ1) is 16.7. The van der Waals surface area contributed by atoms with Gasteiger partial charge in [-0.1, -0.05) is 6.07 Å². The van der Waals surface area contributed by atoms with Gasteiger partial charge in [0.15, 0.2) is 0 Å². The molecule has 4 aliphatic rings. The molecule has 1 aromatic rings. The molecule has 0 aliphatic heterocycles.